The minimum absolute atomic E-state index is 0.0684. The Kier molecular flexibility index (Phi) is 4.94. The molecule has 1 aromatic rings. The van der Waals surface area contributed by atoms with E-state index in [-0.39, 0.29) is 9.65 Å². The molecule has 4 nitrogen and oxygen atoms in total. The van der Waals surface area contributed by atoms with E-state index in [0.29, 0.717) is 33.4 Å². The molecule has 0 N–H and O–H groups in total. The summed E-state index contributed by atoms with van der Waals surface area (Å²) < 4.78 is 1.78. The number of rotatable bonds is 2. The average molecular weight is 510 g/mol. The maximum Gasteiger partial charge on any atom is 0.273 e. The van der Waals surface area contributed by atoms with Gasteiger partial charge >= 0.3 is 0 Å². The van der Waals surface area contributed by atoms with Crippen molar-refractivity contribution < 1.29 is 4.43 Å². The van der Waals surface area contributed by atoms with E-state index in [1.54, 1.807) is 0 Å². The lowest BCUT2D eigenvalue weighted by Crippen LogP contribution is -2.36. The predicted molar refractivity (Wildman–Crippen MR) is 84.4 cm³/mol. The third kappa shape index (κ3) is 2.33. The summed E-state index contributed by atoms with van der Waals surface area (Å²) in [6.45, 7) is 0. The molecule has 2 rings (SSSR count). The first-order valence-electron chi connectivity index (χ1n) is 5.33. The van der Waals surface area contributed by atoms with Crippen LogP contribution in [0.4, 0.5) is 0 Å². The number of alkyl halides is 4. The monoisotopic (exact) mass is 506 g/mol. The van der Waals surface area contributed by atoms with Crippen LogP contribution < -0.4 is 4.43 Å². The Morgan fingerprint density at radius 1 is 1.22 bits per heavy atom. The molecule has 0 spiro atoms. The summed E-state index contributed by atoms with van der Waals surface area (Å²) in [5.41, 5.74) is 1.98. The van der Waals surface area contributed by atoms with Gasteiger partial charge in [-0.05, 0) is 12.8 Å². The Hall–Kier alpha value is 0.600. The highest BCUT2D eigenvalue weighted by molar-refractivity contribution is 9.09. The summed E-state index contributed by atoms with van der Waals surface area (Å²) in [5, 5.41) is 13.1. The van der Waals surface area contributed by atoms with Crippen molar-refractivity contribution in [3.63, 3.8) is 0 Å². The molecule has 1 heterocycles. The number of nitrogens with zero attached hydrogens (tertiary/aromatic N) is 2. The number of fused-ring (bicyclic) bond motifs is 1. The molecule has 8 heteroatoms. The molecule has 0 saturated heterocycles. The largest absolute Gasteiger partial charge is 0.805 e. The number of hydrogen-bond donors (Lipinski definition) is 0. The molecular formula is C10H10Br4N2O2. The van der Waals surface area contributed by atoms with Crippen LogP contribution in [-0.2, 0) is 10.7 Å². The maximum atomic E-state index is 12.4. The number of hydrogen-bond acceptors (Lipinski definition) is 2. The maximum absolute atomic E-state index is 12.4. The van der Waals surface area contributed by atoms with Crippen LogP contribution >= 0.6 is 63.7 Å². The van der Waals surface area contributed by atoms with Gasteiger partial charge in [-0.3, -0.25) is 0 Å². The van der Waals surface area contributed by atoms with Crippen molar-refractivity contribution >= 4 is 63.7 Å². The van der Waals surface area contributed by atoms with Crippen LogP contribution in [0.3, 0.4) is 0 Å². The van der Waals surface area contributed by atoms with Gasteiger partial charge in [-0.2, -0.15) is 0 Å². The molecular weight excluding hydrogens is 500 g/mol. The van der Waals surface area contributed by atoms with E-state index in [0.717, 1.165) is 22.0 Å². The summed E-state index contributed by atoms with van der Waals surface area (Å²) in [5.74, 6) is 0. The third-order valence-electron chi connectivity index (χ3n) is 3.04. The van der Waals surface area contributed by atoms with Crippen LogP contribution in [0.5, 0.6) is 0 Å². The van der Waals surface area contributed by atoms with Crippen molar-refractivity contribution in [3.05, 3.63) is 32.9 Å². The predicted octanol–water partition coefficient (Wildman–Crippen LogP) is 4.20. The molecule has 0 radical (unpaired) electrons. The summed E-state index contributed by atoms with van der Waals surface area (Å²) in [6.07, 6.45) is 1.67. The van der Waals surface area contributed by atoms with Crippen molar-refractivity contribution in [1.82, 2.24) is 4.73 Å². The standard InChI is InChI=1S/C10H10Br4N2O2/c11-3-7-8(4-12)16(18)10-6(14)2-1-5(13)9(10)15(7)17/h5-6H,1-4H2/t5-,6-/m0/s1. The zero-order valence-electron chi connectivity index (χ0n) is 9.21. The average Bonchev–Trinajstić information content (AvgIpc) is 2.35. The minimum Gasteiger partial charge on any atom is -0.805 e. The van der Waals surface area contributed by atoms with Gasteiger partial charge in [-0.25, -0.2) is 0 Å². The smallest absolute Gasteiger partial charge is 0.273 e. The summed E-state index contributed by atoms with van der Waals surface area (Å²) in [6, 6.07) is 0. The molecule has 1 aromatic heterocycles. The highest BCUT2D eigenvalue weighted by Gasteiger charge is 2.37. The second kappa shape index (κ2) is 5.93. The normalized spacial score (nSPS) is 22.9. The van der Waals surface area contributed by atoms with Crippen molar-refractivity contribution in [2.45, 2.75) is 33.2 Å². The second-order valence-corrected chi connectivity index (χ2v) is 7.36. The van der Waals surface area contributed by atoms with Crippen LogP contribution in [0.1, 0.15) is 45.3 Å². The van der Waals surface area contributed by atoms with Gasteiger partial charge in [0.25, 0.3) is 11.4 Å². The van der Waals surface area contributed by atoms with Crippen LogP contribution in [0, 0.1) is 10.1 Å². The van der Waals surface area contributed by atoms with Gasteiger partial charge in [0.2, 0.25) is 0 Å². The highest BCUT2D eigenvalue weighted by Crippen LogP contribution is 2.43. The zero-order chi connectivity index (χ0) is 13.4. The van der Waals surface area contributed by atoms with Gasteiger partial charge < -0.3 is 9.94 Å². The Balaban J connectivity index is 2.83. The van der Waals surface area contributed by atoms with E-state index in [4.69, 9.17) is 0 Å². The number of aromatic nitrogens is 2. The van der Waals surface area contributed by atoms with Crippen LogP contribution in [0.2, 0.25) is 0 Å². The molecule has 0 aliphatic heterocycles. The first-order chi connectivity index (χ1) is 8.52. The minimum atomic E-state index is -0.0684. The molecule has 1 aliphatic rings. The van der Waals surface area contributed by atoms with Crippen molar-refractivity contribution in [1.29, 1.82) is 0 Å². The lowest BCUT2D eigenvalue weighted by Gasteiger charge is -2.28. The van der Waals surface area contributed by atoms with E-state index in [1.165, 1.54) is 0 Å². The molecule has 1 aliphatic carbocycles. The Bertz CT molecular complexity index is 532. The fraction of sp³-hybridized carbons (Fsp3) is 0.600. The first kappa shape index (κ1) is 15.0. The summed E-state index contributed by atoms with van der Waals surface area (Å²) in [7, 11) is 0. The molecule has 0 amide bonds. The topological polar surface area (TPSA) is 51.0 Å². The van der Waals surface area contributed by atoms with Gasteiger partial charge in [0.05, 0.1) is 20.3 Å². The molecule has 0 fully saturated rings. The molecule has 0 unspecified atom stereocenters. The van der Waals surface area contributed by atoms with Crippen molar-refractivity contribution in [2.24, 2.45) is 0 Å². The molecule has 0 bridgehead atoms. The molecule has 100 valence electrons. The third-order valence-corrected chi connectivity index (χ3v) is 5.89. The van der Waals surface area contributed by atoms with E-state index in [1.807, 2.05) is 0 Å². The fourth-order valence-corrected chi connectivity index (χ4v) is 4.61. The van der Waals surface area contributed by atoms with Crippen LogP contribution in [0.25, 0.3) is 0 Å². The van der Waals surface area contributed by atoms with Crippen molar-refractivity contribution in [2.75, 3.05) is 0 Å². The molecule has 0 saturated carbocycles. The van der Waals surface area contributed by atoms with Gasteiger partial charge in [0, 0.05) is 10.2 Å². The Morgan fingerprint density at radius 2 is 1.83 bits per heavy atom. The van der Waals surface area contributed by atoms with Crippen molar-refractivity contribution in [3.8, 4) is 0 Å². The van der Waals surface area contributed by atoms with Gasteiger partial charge in [0.1, 0.15) is 10.5 Å². The summed E-state index contributed by atoms with van der Waals surface area (Å²) >= 11 is 13.5. The molecule has 2 atom stereocenters. The first-order valence-corrected chi connectivity index (χ1v) is 9.41. The highest BCUT2D eigenvalue weighted by atomic mass is 79.9. The van der Waals surface area contributed by atoms with Crippen LogP contribution in [-0.4, -0.2) is 4.73 Å². The molecule has 18 heavy (non-hydrogen) atoms. The van der Waals surface area contributed by atoms with Gasteiger partial charge in [0.15, 0.2) is 0 Å². The molecule has 0 aromatic carbocycles. The van der Waals surface area contributed by atoms with Gasteiger partial charge in [-0.1, -0.05) is 63.7 Å². The Labute approximate surface area is 138 Å². The van der Waals surface area contributed by atoms with Crippen LogP contribution in [0.15, 0.2) is 0 Å². The number of halogens is 4. The van der Waals surface area contributed by atoms with Gasteiger partial charge in [-0.15, -0.1) is 0 Å². The van der Waals surface area contributed by atoms with E-state index in [9.17, 15) is 10.1 Å². The Morgan fingerprint density at radius 3 is 2.39 bits per heavy atom. The second-order valence-electron chi connectivity index (χ2n) is 4.03. The van der Waals surface area contributed by atoms with E-state index in [2.05, 4.69) is 63.7 Å². The quantitative estimate of drug-likeness (QED) is 0.443. The lowest BCUT2D eigenvalue weighted by molar-refractivity contribution is -0.516. The van der Waals surface area contributed by atoms with E-state index < -0.39 is 0 Å². The zero-order valence-corrected chi connectivity index (χ0v) is 15.5. The lowest BCUT2D eigenvalue weighted by atomic mass is 9.99. The fourth-order valence-electron chi connectivity index (χ4n) is 2.14. The summed E-state index contributed by atoms with van der Waals surface area (Å²) in [4.78, 5) is 12.3. The van der Waals surface area contributed by atoms with E-state index >= 15 is 0 Å². The SMILES string of the molecule is O=[n+]1c(CBr)c(CBr)n([O-])c2c1[C@@H](Br)CC[C@@H]2Br.